The second-order valence-electron chi connectivity index (χ2n) is 8.68. The van der Waals surface area contributed by atoms with Gasteiger partial charge < -0.3 is 19.9 Å². The fourth-order valence-electron chi connectivity index (χ4n) is 4.57. The lowest BCUT2D eigenvalue weighted by molar-refractivity contribution is -0.121. The number of anilines is 1. The molecular weight excluding hydrogens is 474 g/mol. The van der Waals surface area contributed by atoms with Crippen molar-refractivity contribution in [3.63, 3.8) is 0 Å². The van der Waals surface area contributed by atoms with E-state index < -0.39 is 0 Å². The molecule has 0 radical (unpaired) electrons. The molecule has 0 spiro atoms. The van der Waals surface area contributed by atoms with Crippen LogP contribution in [0.3, 0.4) is 0 Å². The van der Waals surface area contributed by atoms with Gasteiger partial charge >= 0.3 is 0 Å². The van der Waals surface area contributed by atoms with Crippen LogP contribution in [0.15, 0.2) is 67.1 Å². The van der Waals surface area contributed by atoms with E-state index in [2.05, 4.69) is 31.2 Å². The normalized spacial score (nSPS) is 11.3. The predicted octanol–water partition coefficient (Wildman–Crippen LogP) is 5.80. The van der Waals surface area contributed by atoms with Crippen molar-refractivity contribution in [2.75, 3.05) is 25.5 Å². The quantitative estimate of drug-likeness (QED) is 0.236. The molecule has 36 heavy (non-hydrogen) atoms. The van der Waals surface area contributed by atoms with Crippen LogP contribution >= 0.6 is 11.6 Å². The lowest BCUT2D eigenvalue weighted by Gasteiger charge is -2.11. The summed E-state index contributed by atoms with van der Waals surface area (Å²) in [4.78, 5) is 21.2. The second-order valence-corrected chi connectivity index (χ2v) is 9.12. The van der Waals surface area contributed by atoms with Crippen molar-refractivity contribution in [1.82, 2.24) is 19.9 Å². The molecule has 3 heterocycles. The third-order valence-electron chi connectivity index (χ3n) is 6.39. The van der Waals surface area contributed by atoms with Gasteiger partial charge in [-0.2, -0.15) is 0 Å². The van der Waals surface area contributed by atoms with E-state index in [1.54, 1.807) is 19.5 Å². The van der Waals surface area contributed by atoms with Crippen molar-refractivity contribution in [2.45, 2.75) is 25.8 Å². The average Bonchev–Trinajstić information content (AvgIpc) is 3.22. The monoisotopic (exact) mass is 501 g/mol. The molecule has 2 N–H and O–H groups in total. The van der Waals surface area contributed by atoms with Crippen molar-refractivity contribution in [1.29, 1.82) is 0 Å². The lowest BCUT2D eigenvalue weighted by atomic mass is 10.2. The number of halogens is 1. The lowest BCUT2D eigenvalue weighted by Crippen LogP contribution is -2.25. The van der Waals surface area contributed by atoms with E-state index in [0.717, 1.165) is 63.5 Å². The van der Waals surface area contributed by atoms with Gasteiger partial charge in [0.1, 0.15) is 5.75 Å². The highest BCUT2D eigenvalue weighted by Crippen LogP contribution is 2.31. The largest absolute Gasteiger partial charge is 0.497 e. The maximum Gasteiger partial charge on any atom is 0.221 e. The summed E-state index contributed by atoms with van der Waals surface area (Å²) in [6.07, 6.45) is 7.66. The molecule has 8 heteroatoms. The number of carbonyl (C=O) groups is 1. The maximum absolute atomic E-state index is 12.6. The van der Waals surface area contributed by atoms with Crippen LogP contribution in [0.1, 0.15) is 19.3 Å². The number of unbranched alkanes of at least 4 members (excludes halogenated alkanes) is 1. The Bertz CT molecular complexity index is 1530. The fourth-order valence-corrected chi connectivity index (χ4v) is 4.73. The SMILES string of the molecule is COc1ccc2c3ccncc3n(CCC(=O)NCCCCNc3ccnc4cc(Cl)ccc34)c2c1. The molecule has 0 saturated heterocycles. The average molecular weight is 502 g/mol. The summed E-state index contributed by atoms with van der Waals surface area (Å²) in [5.74, 6) is 0.836. The zero-order chi connectivity index (χ0) is 24.9. The van der Waals surface area contributed by atoms with E-state index in [9.17, 15) is 4.79 Å². The second kappa shape index (κ2) is 10.8. The number of nitrogens with one attached hydrogen (secondary N) is 2. The van der Waals surface area contributed by atoms with Gasteiger partial charge in [0.05, 0.1) is 29.9 Å². The Morgan fingerprint density at radius 3 is 2.69 bits per heavy atom. The number of fused-ring (bicyclic) bond motifs is 4. The van der Waals surface area contributed by atoms with E-state index in [0.29, 0.717) is 24.5 Å². The van der Waals surface area contributed by atoms with E-state index >= 15 is 0 Å². The first kappa shape index (κ1) is 23.9. The third-order valence-corrected chi connectivity index (χ3v) is 6.62. The number of amides is 1. The van der Waals surface area contributed by atoms with Crippen molar-refractivity contribution >= 4 is 55.9 Å². The number of nitrogens with zero attached hydrogens (tertiary/aromatic N) is 3. The highest BCUT2D eigenvalue weighted by Gasteiger charge is 2.13. The zero-order valence-corrected chi connectivity index (χ0v) is 20.9. The van der Waals surface area contributed by atoms with Gasteiger partial charge in [0.2, 0.25) is 5.91 Å². The zero-order valence-electron chi connectivity index (χ0n) is 20.1. The molecule has 5 aromatic rings. The van der Waals surface area contributed by atoms with E-state index in [4.69, 9.17) is 16.3 Å². The minimum atomic E-state index is 0.0433. The number of aromatic nitrogens is 3. The molecule has 0 aliphatic carbocycles. The van der Waals surface area contributed by atoms with Gasteiger partial charge in [-0.1, -0.05) is 11.6 Å². The molecule has 0 saturated carbocycles. The highest BCUT2D eigenvalue weighted by molar-refractivity contribution is 6.31. The standard InChI is InChI=1S/C28H28ClN5O2/c1-36-20-5-7-21-22-8-13-30-18-27(22)34(26(21)17-20)15-10-28(35)33-12-3-2-11-31-24-9-14-32-25-16-19(29)4-6-23(24)25/h4-9,13-14,16-18H,2-3,10-12,15H2,1H3,(H,31,32)(H,33,35). The predicted molar refractivity (Wildman–Crippen MR) is 146 cm³/mol. The number of methoxy groups -OCH3 is 1. The number of hydrogen-bond donors (Lipinski definition) is 2. The summed E-state index contributed by atoms with van der Waals surface area (Å²) in [5.41, 5.74) is 3.97. The Morgan fingerprint density at radius 2 is 1.81 bits per heavy atom. The third kappa shape index (κ3) is 5.06. The van der Waals surface area contributed by atoms with Crippen LogP contribution in [0.25, 0.3) is 32.7 Å². The molecule has 184 valence electrons. The van der Waals surface area contributed by atoms with Gasteiger partial charge in [-0.25, -0.2) is 0 Å². The molecule has 3 aromatic heterocycles. The van der Waals surface area contributed by atoms with Crippen LogP contribution in [0.4, 0.5) is 5.69 Å². The first-order valence-corrected chi connectivity index (χ1v) is 12.5. The van der Waals surface area contributed by atoms with Crippen molar-refractivity contribution in [2.24, 2.45) is 0 Å². The number of ether oxygens (including phenoxy) is 1. The summed E-state index contributed by atoms with van der Waals surface area (Å²) in [5, 5.41) is 10.5. The minimum absolute atomic E-state index is 0.0433. The van der Waals surface area contributed by atoms with Gasteiger partial charge in [0.25, 0.3) is 0 Å². The molecule has 0 bridgehead atoms. The number of rotatable bonds is 10. The van der Waals surface area contributed by atoms with Crippen molar-refractivity contribution in [3.05, 3.63) is 72.1 Å². The van der Waals surface area contributed by atoms with Crippen LogP contribution in [0.5, 0.6) is 5.75 Å². The summed E-state index contributed by atoms with van der Waals surface area (Å²) in [7, 11) is 1.66. The molecule has 0 aliphatic heterocycles. The van der Waals surface area contributed by atoms with Gasteiger partial charge in [-0.15, -0.1) is 0 Å². The number of benzene rings is 2. The number of carbonyl (C=O) groups excluding carboxylic acids is 1. The maximum atomic E-state index is 12.6. The number of hydrogen-bond acceptors (Lipinski definition) is 5. The first-order valence-electron chi connectivity index (χ1n) is 12.1. The van der Waals surface area contributed by atoms with E-state index in [1.165, 1.54) is 0 Å². The Morgan fingerprint density at radius 1 is 0.972 bits per heavy atom. The number of pyridine rings is 2. The molecule has 2 aromatic carbocycles. The van der Waals surface area contributed by atoms with E-state index in [-0.39, 0.29) is 5.91 Å². The molecule has 5 rings (SSSR count). The van der Waals surface area contributed by atoms with Gasteiger partial charge in [-0.3, -0.25) is 14.8 Å². The summed E-state index contributed by atoms with van der Waals surface area (Å²) in [6, 6.07) is 15.7. The van der Waals surface area contributed by atoms with Crippen LogP contribution < -0.4 is 15.4 Å². The molecule has 7 nitrogen and oxygen atoms in total. The van der Waals surface area contributed by atoms with Crippen molar-refractivity contribution in [3.8, 4) is 5.75 Å². The Labute approximate surface area is 214 Å². The smallest absolute Gasteiger partial charge is 0.221 e. The molecule has 0 aliphatic rings. The molecular formula is C28H28ClN5O2. The van der Waals surface area contributed by atoms with E-state index in [1.807, 2.05) is 48.7 Å². The summed E-state index contributed by atoms with van der Waals surface area (Å²) in [6.45, 7) is 2.04. The van der Waals surface area contributed by atoms with Gasteiger partial charge in [0, 0.05) is 71.4 Å². The first-order chi connectivity index (χ1) is 17.6. The Kier molecular flexibility index (Phi) is 7.18. The highest BCUT2D eigenvalue weighted by atomic mass is 35.5. The molecule has 1 amide bonds. The molecule has 0 fully saturated rings. The van der Waals surface area contributed by atoms with Crippen LogP contribution in [-0.2, 0) is 11.3 Å². The van der Waals surface area contributed by atoms with Crippen molar-refractivity contribution < 1.29 is 9.53 Å². The van der Waals surface area contributed by atoms with Crippen LogP contribution in [0, 0.1) is 0 Å². The number of aryl methyl sites for hydroxylation is 1. The Balaban J connectivity index is 1.11. The molecule has 0 atom stereocenters. The molecule has 0 unspecified atom stereocenters. The summed E-state index contributed by atoms with van der Waals surface area (Å²) < 4.78 is 7.57. The van der Waals surface area contributed by atoms with Crippen LogP contribution in [-0.4, -0.2) is 40.6 Å². The summed E-state index contributed by atoms with van der Waals surface area (Å²) >= 11 is 6.07. The van der Waals surface area contributed by atoms with Gasteiger partial charge in [-0.05, 0) is 55.3 Å². The fraction of sp³-hybridized carbons (Fsp3) is 0.250. The van der Waals surface area contributed by atoms with Crippen LogP contribution in [0.2, 0.25) is 5.02 Å². The topological polar surface area (TPSA) is 81.1 Å². The van der Waals surface area contributed by atoms with Gasteiger partial charge in [0.15, 0.2) is 0 Å². The Hall–Kier alpha value is -3.84. The minimum Gasteiger partial charge on any atom is -0.497 e.